The van der Waals surface area contributed by atoms with E-state index in [0.717, 1.165) is 0 Å². The Hall–Kier alpha value is -3.60. The monoisotopic (exact) mass is 920 g/mol. The lowest BCUT2D eigenvalue weighted by Crippen LogP contribution is -2.62. The normalized spacial score (nSPS) is 46.2. The summed E-state index contributed by atoms with van der Waals surface area (Å²) in [6.45, 7) is 6.84. The van der Waals surface area contributed by atoms with E-state index in [1.807, 2.05) is 61.6 Å². The first kappa shape index (κ1) is 54.0. The van der Waals surface area contributed by atoms with Crippen molar-refractivity contribution in [2.45, 2.75) is 183 Å². The Labute approximate surface area is 381 Å². The number of amides is 1. The van der Waals surface area contributed by atoms with Gasteiger partial charge in [-0.25, -0.2) is 4.79 Å². The summed E-state index contributed by atoms with van der Waals surface area (Å²) in [5.41, 5.74) is 6.07. The Morgan fingerprint density at radius 2 is 1.25 bits per heavy atom. The van der Waals surface area contributed by atoms with Crippen molar-refractivity contribution in [1.82, 2.24) is 5.32 Å². The van der Waals surface area contributed by atoms with E-state index in [1.54, 1.807) is 51.2 Å². The number of allylic oxidation sites excluding steroid dienone is 12. The summed E-state index contributed by atoms with van der Waals surface area (Å²) < 4.78 is 29.1. The first-order chi connectivity index (χ1) is 30.8. The van der Waals surface area contributed by atoms with Gasteiger partial charge in [-0.1, -0.05) is 98.9 Å². The van der Waals surface area contributed by atoms with E-state index < -0.39 is 141 Å². The number of nitrogens with one attached hydrogen (secondary N) is 1. The zero-order chi connectivity index (χ0) is 47.8. The number of nitrogens with two attached hydrogens (primary N) is 1. The summed E-state index contributed by atoms with van der Waals surface area (Å²) in [6, 6.07) is -1.84. The van der Waals surface area contributed by atoms with Gasteiger partial charge in [0.2, 0.25) is 0 Å². The number of carbonyl (C=O) groups excluding carboxylic acids is 2. The molecule has 4 heterocycles. The van der Waals surface area contributed by atoms with Gasteiger partial charge in [-0.3, -0.25) is 4.79 Å². The van der Waals surface area contributed by atoms with Crippen LogP contribution in [0.15, 0.2) is 85.1 Å². The summed E-state index contributed by atoms with van der Waals surface area (Å²) >= 11 is 0. The highest BCUT2D eigenvalue weighted by Gasteiger charge is 2.53. The van der Waals surface area contributed by atoms with Crippen LogP contribution >= 0.6 is 0 Å². The molecule has 0 aromatic rings. The average molecular weight is 921 g/mol. The molecule has 12 N–H and O–H groups in total. The third-order valence-electron chi connectivity index (χ3n) is 12.3. The molecule has 3 saturated heterocycles. The Balaban J connectivity index is 1.53. The van der Waals surface area contributed by atoms with Gasteiger partial charge >= 0.3 is 12.1 Å². The van der Waals surface area contributed by atoms with Gasteiger partial charge < -0.3 is 80.7 Å². The van der Waals surface area contributed by atoms with E-state index in [4.69, 9.17) is 29.4 Å². The lowest BCUT2D eigenvalue weighted by molar-refractivity contribution is -0.298. The molecule has 0 aromatic carbocycles. The molecule has 18 nitrogen and oxygen atoms in total. The zero-order valence-corrected chi connectivity index (χ0v) is 37.6. The molecular weight excluding hydrogens is 849 g/mol. The molecule has 366 valence electrons. The van der Waals surface area contributed by atoms with Gasteiger partial charge in [-0.15, -0.1) is 0 Å². The second-order valence-electron chi connectivity index (χ2n) is 17.8. The fraction of sp³-hybridized carbons (Fsp3) is 0.660. The molecule has 0 aliphatic carbocycles. The molecule has 10 unspecified atom stereocenters. The number of alkyl carbamates (subject to hydrolysis) is 1. The fourth-order valence-electron chi connectivity index (χ4n) is 8.23. The number of fused-ring (bicyclic) bond motifs is 4. The quantitative estimate of drug-likeness (QED) is 0.173. The van der Waals surface area contributed by atoms with Crippen molar-refractivity contribution in [2.75, 3.05) is 0 Å². The number of aliphatic hydroxyl groups is 9. The van der Waals surface area contributed by atoms with Crippen LogP contribution < -0.4 is 11.1 Å². The number of hydrogen-bond donors (Lipinski definition) is 11. The molecule has 4 aliphatic heterocycles. The van der Waals surface area contributed by atoms with Crippen LogP contribution in [0.5, 0.6) is 0 Å². The number of aliphatic hydroxyl groups excluding tert-OH is 8. The van der Waals surface area contributed by atoms with Crippen LogP contribution in [-0.2, 0) is 28.5 Å². The van der Waals surface area contributed by atoms with Gasteiger partial charge in [-0.05, 0) is 33.1 Å². The third kappa shape index (κ3) is 17.2. The van der Waals surface area contributed by atoms with E-state index >= 15 is 0 Å². The second kappa shape index (κ2) is 26.1. The van der Waals surface area contributed by atoms with Crippen molar-refractivity contribution in [1.29, 1.82) is 0 Å². The van der Waals surface area contributed by atoms with Crippen LogP contribution in [0.2, 0.25) is 0 Å². The summed E-state index contributed by atoms with van der Waals surface area (Å²) in [5, 5.41) is 100. The molecule has 19 atom stereocenters. The summed E-state index contributed by atoms with van der Waals surface area (Å²) in [7, 11) is 0. The van der Waals surface area contributed by atoms with Crippen LogP contribution in [-0.4, -0.2) is 162 Å². The van der Waals surface area contributed by atoms with Gasteiger partial charge in [-0.2, -0.15) is 0 Å². The van der Waals surface area contributed by atoms with Gasteiger partial charge in [0, 0.05) is 37.5 Å². The van der Waals surface area contributed by atoms with E-state index in [0.29, 0.717) is 0 Å². The molecule has 0 spiro atoms. The highest BCUT2D eigenvalue weighted by atomic mass is 16.7. The van der Waals surface area contributed by atoms with Gasteiger partial charge in [0.15, 0.2) is 12.1 Å². The second-order valence-corrected chi connectivity index (χ2v) is 17.8. The molecule has 4 aliphatic rings. The maximum Gasteiger partial charge on any atom is 0.407 e. The number of carbonyl (C=O) groups is 2. The average Bonchev–Trinajstić information content (AvgIpc) is 3.61. The van der Waals surface area contributed by atoms with Crippen LogP contribution in [0.3, 0.4) is 0 Å². The summed E-state index contributed by atoms with van der Waals surface area (Å²) in [5.74, 6) is -3.50. The highest BCUT2D eigenvalue weighted by molar-refractivity contribution is 5.70. The lowest BCUT2D eigenvalue weighted by Gasteiger charge is -2.44. The lowest BCUT2D eigenvalue weighted by atomic mass is 9.87. The highest BCUT2D eigenvalue weighted by Crippen LogP contribution is 2.38. The first-order valence-electron chi connectivity index (χ1n) is 22.5. The predicted octanol–water partition coefficient (Wildman–Crippen LogP) is 1.13. The molecule has 18 heteroatoms. The Bertz CT molecular complexity index is 1700. The number of cyclic esters (lactones) is 1. The van der Waals surface area contributed by atoms with Crippen LogP contribution in [0.1, 0.15) is 79.1 Å². The molecule has 4 rings (SSSR count). The molecule has 65 heavy (non-hydrogen) atoms. The maximum atomic E-state index is 12.6. The Kier molecular flexibility index (Phi) is 21.7. The molecule has 1 amide bonds. The van der Waals surface area contributed by atoms with Crippen molar-refractivity contribution >= 4 is 12.1 Å². The maximum absolute atomic E-state index is 12.6. The van der Waals surface area contributed by atoms with Crippen molar-refractivity contribution in [3.8, 4) is 0 Å². The standard InChI is InChI=1S/C47H72N2O16/c1-27-17-15-13-11-9-7-5-6-8-10-12-14-16-18-34(63-45-44(58)40(48)43(57)30(4)62-45)24-37-41-38(64-46(59)49-41)26-47(60,65-37)25-33(52)22-36(54)35(53)20-19-31(50)21-32(51)23-39(55)61-29(3)28(2)42(27)56/h5-18,27-38,40-45,50-54,56-58,60H,19-26,48H2,1-4H3,(H,49,59)/b6-5-,9-7-,10-8-,13-11-,14-12-,17-15-,18-16-/t27-,28-,29-,30+,31?,32?,33?,34?,35?,36?,37-,38-,40-,41?,42?,43?,44-,45?,47+/m0/s1. The van der Waals surface area contributed by atoms with E-state index in [9.17, 15) is 55.5 Å². The molecule has 2 bridgehead atoms. The minimum absolute atomic E-state index is 0.0414. The third-order valence-corrected chi connectivity index (χ3v) is 12.3. The van der Waals surface area contributed by atoms with Crippen molar-refractivity contribution < 1.29 is 79.2 Å². The predicted molar refractivity (Wildman–Crippen MR) is 237 cm³/mol. The van der Waals surface area contributed by atoms with Crippen molar-refractivity contribution in [3.63, 3.8) is 0 Å². The topological polar surface area (TPSA) is 300 Å². The summed E-state index contributed by atoms with van der Waals surface area (Å²) in [6.07, 6.45) is 6.59. The first-order valence-corrected chi connectivity index (χ1v) is 22.5. The number of ether oxygens (including phenoxy) is 5. The fourth-order valence-corrected chi connectivity index (χ4v) is 8.23. The van der Waals surface area contributed by atoms with Crippen molar-refractivity contribution in [2.24, 2.45) is 17.6 Å². The largest absolute Gasteiger partial charge is 0.462 e. The van der Waals surface area contributed by atoms with Crippen LogP contribution in [0.25, 0.3) is 0 Å². The Morgan fingerprint density at radius 3 is 1.88 bits per heavy atom. The molecule has 0 radical (unpaired) electrons. The Morgan fingerprint density at radius 1 is 0.646 bits per heavy atom. The van der Waals surface area contributed by atoms with Crippen molar-refractivity contribution in [3.05, 3.63) is 85.1 Å². The van der Waals surface area contributed by atoms with Gasteiger partial charge in [0.05, 0.1) is 79.5 Å². The number of hydrogen-bond acceptors (Lipinski definition) is 17. The van der Waals surface area contributed by atoms with E-state index in [2.05, 4.69) is 5.32 Å². The van der Waals surface area contributed by atoms with E-state index in [-0.39, 0.29) is 38.0 Å². The smallest absolute Gasteiger partial charge is 0.407 e. The molecule has 0 aromatic heterocycles. The van der Waals surface area contributed by atoms with E-state index in [1.165, 1.54) is 0 Å². The molecule has 0 saturated carbocycles. The van der Waals surface area contributed by atoms with Gasteiger partial charge in [0.25, 0.3) is 0 Å². The minimum atomic E-state index is -2.09. The zero-order valence-electron chi connectivity index (χ0n) is 37.6. The van der Waals surface area contributed by atoms with Crippen LogP contribution in [0, 0.1) is 11.8 Å². The number of rotatable bonds is 2. The number of esters is 1. The van der Waals surface area contributed by atoms with Gasteiger partial charge in [0.1, 0.15) is 18.3 Å². The SMILES string of the molecule is C[C@@H]1OC(=O)CC(O)CC(O)CCC(O)C(O)CC(O)C[C@]2(O)C[C@@H]3OC(=O)NC3[C@H](CC(OC3O[C@H](C)C(O)[C@H](N)[C@@H]3O)\C=C/C=C\C=C/C=C\C=C/C=C\C=C/[C@H](C)C(O)[C@H]1C)O2. The van der Waals surface area contributed by atoms with Crippen LogP contribution in [0.4, 0.5) is 4.79 Å². The summed E-state index contributed by atoms with van der Waals surface area (Å²) in [4.78, 5) is 25.1. The minimum Gasteiger partial charge on any atom is -0.462 e. The molecule has 3 fully saturated rings. The molecular formula is C47H72N2O16.